The molecule has 0 radical (unpaired) electrons. The maximum atomic E-state index is 5.34. The first-order valence-corrected chi connectivity index (χ1v) is 5.47. The second-order valence-corrected chi connectivity index (χ2v) is 4.16. The van der Waals surface area contributed by atoms with Gasteiger partial charge in [-0.2, -0.15) is 0 Å². The van der Waals surface area contributed by atoms with Crippen LogP contribution in [-0.2, 0) is 4.74 Å². The first-order chi connectivity index (χ1) is 6.45. The number of nitrogens with one attached hydrogen (secondary N) is 2. The van der Waals surface area contributed by atoms with Crippen molar-refractivity contribution in [3.63, 3.8) is 0 Å². The standard InChI is InChI=1S/C10H20N2O/c1-4-11-5-2-10(1)12-7-9-3-6-13-8-9/h9-12H,1-8H2. The van der Waals surface area contributed by atoms with Gasteiger partial charge in [-0.05, 0) is 38.3 Å². The van der Waals surface area contributed by atoms with Crippen molar-refractivity contribution in [3.05, 3.63) is 0 Å². The fourth-order valence-electron chi connectivity index (χ4n) is 2.10. The molecule has 1 atom stereocenters. The van der Waals surface area contributed by atoms with Gasteiger partial charge >= 0.3 is 0 Å². The topological polar surface area (TPSA) is 33.3 Å². The van der Waals surface area contributed by atoms with Gasteiger partial charge in [0.2, 0.25) is 0 Å². The van der Waals surface area contributed by atoms with Crippen LogP contribution < -0.4 is 10.6 Å². The van der Waals surface area contributed by atoms with Gasteiger partial charge in [-0.1, -0.05) is 0 Å². The fraction of sp³-hybridized carbons (Fsp3) is 1.00. The molecule has 3 heteroatoms. The van der Waals surface area contributed by atoms with Crippen LogP contribution in [0.15, 0.2) is 0 Å². The van der Waals surface area contributed by atoms with E-state index in [4.69, 9.17) is 4.74 Å². The van der Waals surface area contributed by atoms with Crippen LogP contribution in [0.3, 0.4) is 0 Å². The Bertz CT molecular complexity index is 140. The molecular formula is C10H20N2O. The molecule has 0 bridgehead atoms. The zero-order chi connectivity index (χ0) is 8.93. The molecule has 0 aromatic rings. The maximum Gasteiger partial charge on any atom is 0.0507 e. The van der Waals surface area contributed by atoms with Gasteiger partial charge in [0.05, 0.1) is 6.61 Å². The summed E-state index contributed by atoms with van der Waals surface area (Å²) < 4.78 is 5.34. The molecule has 2 N–H and O–H groups in total. The average molecular weight is 184 g/mol. The Balaban J connectivity index is 1.60. The van der Waals surface area contributed by atoms with Crippen LogP contribution in [-0.4, -0.2) is 38.9 Å². The Labute approximate surface area is 80.2 Å². The van der Waals surface area contributed by atoms with Gasteiger partial charge in [0, 0.05) is 19.2 Å². The molecule has 2 saturated heterocycles. The summed E-state index contributed by atoms with van der Waals surface area (Å²) >= 11 is 0. The molecule has 2 heterocycles. The van der Waals surface area contributed by atoms with Crippen molar-refractivity contribution in [2.75, 3.05) is 32.8 Å². The summed E-state index contributed by atoms with van der Waals surface area (Å²) in [6.07, 6.45) is 3.82. The Hall–Kier alpha value is -0.120. The predicted octanol–water partition coefficient (Wildman–Crippen LogP) is 0.364. The predicted molar refractivity (Wildman–Crippen MR) is 52.8 cm³/mol. The van der Waals surface area contributed by atoms with Crippen LogP contribution in [0.1, 0.15) is 19.3 Å². The van der Waals surface area contributed by atoms with E-state index in [1.54, 1.807) is 0 Å². The highest BCUT2D eigenvalue weighted by Gasteiger charge is 2.18. The van der Waals surface area contributed by atoms with Gasteiger partial charge in [0.1, 0.15) is 0 Å². The Morgan fingerprint density at radius 3 is 2.77 bits per heavy atom. The van der Waals surface area contributed by atoms with E-state index in [1.807, 2.05) is 0 Å². The first-order valence-electron chi connectivity index (χ1n) is 5.47. The molecule has 0 amide bonds. The molecule has 0 spiro atoms. The van der Waals surface area contributed by atoms with Crippen molar-refractivity contribution < 1.29 is 4.74 Å². The minimum Gasteiger partial charge on any atom is -0.381 e. The molecular weight excluding hydrogens is 164 g/mol. The number of ether oxygens (including phenoxy) is 1. The molecule has 1 unspecified atom stereocenters. The van der Waals surface area contributed by atoms with Crippen molar-refractivity contribution in [1.82, 2.24) is 10.6 Å². The van der Waals surface area contributed by atoms with Crippen molar-refractivity contribution in [2.45, 2.75) is 25.3 Å². The van der Waals surface area contributed by atoms with Gasteiger partial charge < -0.3 is 15.4 Å². The van der Waals surface area contributed by atoms with E-state index in [0.29, 0.717) is 0 Å². The lowest BCUT2D eigenvalue weighted by molar-refractivity contribution is 0.184. The second-order valence-electron chi connectivity index (χ2n) is 4.16. The summed E-state index contributed by atoms with van der Waals surface area (Å²) in [5.41, 5.74) is 0. The summed E-state index contributed by atoms with van der Waals surface area (Å²) in [5, 5.41) is 7.02. The lowest BCUT2D eigenvalue weighted by Crippen LogP contribution is -2.41. The lowest BCUT2D eigenvalue weighted by Gasteiger charge is -2.24. The third-order valence-electron chi connectivity index (χ3n) is 3.06. The molecule has 13 heavy (non-hydrogen) atoms. The van der Waals surface area contributed by atoms with Gasteiger partial charge in [-0.25, -0.2) is 0 Å². The van der Waals surface area contributed by atoms with Gasteiger partial charge in [-0.3, -0.25) is 0 Å². The number of piperidine rings is 1. The van der Waals surface area contributed by atoms with Crippen LogP contribution in [0.4, 0.5) is 0 Å². The molecule has 2 rings (SSSR count). The fourth-order valence-corrected chi connectivity index (χ4v) is 2.10. The van der Waals surface area contributed by atoms with Gasteiger partial charge in [0.15, 0.2) is 0 Å². The Morgan fingerprint density at radius 1 is 1.23 bits per heavy atom. The van der Waals surface area contributed by atoms with Crippen LogP contribution in [0.25, 0.3) is 0 Å². The zero-order valence-corrected chi connectivity index (χ0v) is 8.22. The van der Waals surface area contributed by atoms with Crippen LogP contribution in [0.5, 0.6) is 0 Å². The minimum atomic E-state index is 0.752. The van der Waals surface area contributed by atoms with E-state index in [9.17, 15) is 0 Å². The molecule has 3 nitrogen and oxygen atoms in total. The van der Waals surface area contributed by atoms with Crippen molar-refractivity contribution in [3.8, 4) is 0 Å². The molecule has 76 valence electrons. The maximum absolute atomic E-state index is 5.34. The summed E-state index contributed by atoms with van der Waals surface area (Å²) in [7, 11) is 0. The Morgan fingerprint density at radius 2 is 2.08 bits per heavy atom. The quantitative estimate of drug-likeness (QED) is 0.664. The third kappa shape index (κ3) is 2.93. The van der Waals surface area contributed by atoms with Gasteiger partial charge in [-0.15, -0.1) is 0 Å². The highest BCUT2D eigenvalue weighted by Crippen LogP contribution is 2.12. The van der Waals surface area contributed by atoms with Crippen LogP contribution in [0, 0.1) is 5.92 Å². The minimum absolute atomic E-state index is 0.752. The third-order valence-corrected chi connectivity index (χ3v) is 3.06. The highest BCUT2D eigenvalue weighted by molar-refractivity contribution is 4.76. The van der Waals surface area contributed by atoms with E-state index >= 15 is 0 Å². The van der Waals surface area contributed by atoms with Gasteiger partial charge in [0.25, 0.3) is 0 Å². The molecule has 0 aliphatic carbocycles. The summed E-state index contributed by atoms with van der Waals surface area (Å²) in [5.74, 6) is 0.773. The van der Waals surface area contributed by atoms with Crippen molar-refractivity contribution in [1.29, 1.82) is 0 Å². The largest absolute Gasteiger partial charge is 0.381 e. The van der Waals surface area contributed by atoms with E-state index in [0.717, 1.165) is 31.7 Å². The van der Waals surface area contributed by atoms with Crippen molar-refractivity contribution >= 4 is 0 Å². The number of hydrogen-bond acceptors (Lipinski definition) is 3. The van der Waals surface area contributed by atoms with Crippen LogP contribution in [0.2, 0.25) is 0 Å². The SMILES string of the molecule is C1CC(NCC2CCOC2)CCN1. The first kappa shape index (κ1) is 9.44. The van der Waals surface area contributed by atoms with Crippen LogP contribution >= 0.6 is 0 Å². The number of rotatable bonds is 3. The highest BCUT2D eigenvalue weighted by atomic mass is 16.5. The molecule has 0 aromatic carbocycles. The molecule has 2 aliphatic rings. The average Bonchev–Trinajstić information content (AvgIpc) is 2.69. The monoisotopic (exact) mass is 184 g/mol. The number of hydrogen-bond donors (Lipinski definition) is 2. The summed E-state index contributed by atoms with van der Waals surface area (Å²) in [4.78, 5) is 0. The second kappa shape index (κ2) is 4.94. The summed E-state index contributed by atoms with van der Waals surface area (Å²) in [6, 6.07) is 0.752. The smallest absolute Gasteiger partial charge is 0.0507 e. The van der Waals surface area contributed by atoms with E-state index in [-0.39, 0.29) is 0 Å². The lowest BCUT2D eigenvalue weighted by atomic mass is 10.0. The van der Waals surface area contributed by atoms with Crippen molar-refractivity contribution in [2.24, 2.45) is 5.92 Å². The molecule has 2 fully saturated rings. The zero-order valence-electron chi connectivity index (χ0n) is 8.22. The summed E-state index contributed by atoms with van der Waals surface area (Å²) in [6.45, 7) is 5.46. The van der Waals surface area contributed by atoms with E-state index in [2.05, 4.69) is 10.6 Å². The molecule has 2 aliphatic heterocycles. The van der Waals surface area contributed by atoms with E-state index in [1.165, 1.54) is 32.4 Å². The normalized spacial score (nSPS) is 30.9. The van der Waals surface area contributed by atoms with E-state index < -0.39 is 0 Å². The Kier molecular flexibility index (Phi) is 3.58. The molecule has 0 saturated carbocycles. The molecule has 0 aromatic heterocycles.